The van der Waals surface area contributed by atoms with Gasteiger partial charge in [0.2, 0.25) is 5.78 Å². The Kier molecular flexibility index (Phi) is 4.40. The van der Waals surface area contributed by atoms with Crippen LogP contribution in [0.15, 0.2) is 30.3 Å². The van der Waals surface area contributed by atoms with Gasteiger partial charge in [-0.1, -0.05) is 12.1 Å². The summed E-state index contributed by atoms with van der Waals surface area (Å²) < 4.78 is 20.9. The van der Waals surface area contributed by atoms with Gasteiger partial charge in [-0.3, -0.25) is 4.79 Å². The maximum atomic E-state index is 13.5. The molecule has 0 aliphatic rings. The number of ketones is 1. The quantitative estimate of drug-likeness (QED) is 0.790. The maximum absolute atomic E-state index is 13.5. The summed E-state index contributed by atoms with van der Waals surface area (Å²) in [5, 5.41) is 0. The largest absolute Gasteiger partial charge is 0.482 e. The summed E-state index contributed by atoms with van der Waals surface area (Å²) in [4.78, 5) is 12.4. The van der Waals surface area contributed by atoms with E-state index >= 15 is 0 Å². The molecule has 2 rings (SSSR count). The SMILES string of the molecule is Cc1cc(C(=O)COc2ccccc2F)c(C)n1C(C)(C)C. The zero-order valence-corrected chi connectivity index (χ0v) is 13.7. The molecule has 0 unspecified atom stereocenters. The molecule has 0 saturated carbocycles. The first kappa shape index (κ1) is 16.3. The van der Waals surface area contributed by atoms with Crippen LogP contribution in [0.1, 0.15) is 42.5 Å². The van der Waals surface area contributed by atoms with E-state index in [9.17, 15) is 9.18 Å². The summed E-state index contributed by atoms with van der Waals surface area (Å²) >= 11 is 0. The lowest BCUT2D eigenvalue weighted by Gasteiger charge is -2.25. The zero-order chi connectivity index (χ0) is 16.5. The number of carbonyl (C=O) groups excluding carboxylic acids is 1. The van der Waals surface area contributed by atoms with E-state index in [4.69, 9.17) is 4.74 Å². The minimum absolute atomic E-state index is 0.0977. The van der Waals surface area contributed by atoms with Crippen LogP contribution in [-0.2, 0) is 5.54 Å². The third-order valence-corrected chi connectivity index (χ3v) is 3.60. The van der Waals surface area contributed by atoms with Crippen LogP contribution in [0.2, 0.25) is 0 Å². The van der Waals surface area contributed by atoms with Crippen molar-refractivity contribution in [1.82, 2.24) is 4.57 Å². The van der Waals surface area contributed by atoms with Crippen molar-refractivity contribution in [2.75, 3.05) is 6.61 Å². The van der Waals surface area contributed by atoms with Gasteiger partial charge in [0, 0.05) is 22.5 Å². The molecule has 22 heavy (non-hydrogen) atoms. The van der Waals surface area contributed by atoms with Crippen LogP contribution in [0.4, 0.5) is 4.39 Å². The van der Waals surface area contributed by atoms with Gasteiger partial charge in [0.25, 0.3) is 0 Å². The second-order valence-corrected chi connectivity index (χ2v) is 6.43. The van der Waals surface area contributed by atoms with Crippen molar-refractivity contribution in [3.63, 3.8) is 0 Å². The van der Waals surface area contributed by atoms with Crippen LogP contribution in [0.5, 0.6) is 5.75 Å². The van der Waals surface area contributed by atoms with E-state index < -0.39 is 5.82 Å². The average molecular weight is 303 g/mol. The zero-order valence-electron chi connectivity index (χ0n) is 13.7. The van der Waals surface area contributed by atoms with E-state index in [1.807, 2.05) is 19.9 Å². The fourth-order valence-corrected chi connectivity index (χ4v) is 2.86. The van der Waals surface area contributed by atoms with E-state index in [1.54, 1.807) is 12.1 Å². The highest BCUT2D eigenvalue weighted by atomic mass is 19.1. The fourth-order valence-electron chi connectivity index (χ4n) is 2.86. The summed E-state index contributed by atoms with van der Waals surface area (Å²) in [6, 6.07) is 7.95. The third-order valence-electron chi connectivity index (χ3n) is 3.60. The second kappa shape index (κ2) is 5.95. The molecule has 0 aliphatic carbocycles. The predicted molar refractivity (Wildman–Crippen MR) is 85.1 cm³/mol. The predicted octanol–water partition coefficient (Wildman–Crippen LogP) is 4.26. The van der Waals surface area contributed by atoms with Gasteiger partial charge in [0.1, 0.15) is 0 Å². The Morgan fingerprint density at radius 2 is 1.86 bits per heavy atom. The van der Waals surface area contributed by atoms with Crippen molar-refractivity contribution in [2.45, 2.75) is 40.2 Å². The minimum Gasteiger partial charge on any atom is -0.482 e. The first-order valence-corrected chi connectivity index (χ1v) is 7.31. The molecule has 1 aromatic carbocycles. The molecule has 0 aliphatic heterocycles. The molecular weight excluding hydrogens is 281 g/mol. The highest BCUT2D eigenvalue weighted by Crippen LogP contribution is 2.25. The van der Waals surface area contributed by atoms with Gasteiger partial charge >= 0.3 is 0 Å². The highest BCUT2D eigenvalue weighted by Gasteiger charge is 2.23. The number of benzene rings is 1. The number of halogens is 1. The van der Waals surface area contributed by atoms with Gasteiger partial charge in [-0.2, -0.15) is 0 Å². The number of hydrogen-bond donors (Lipinski definition) is 0. The number of rotatable bonds is 4. The van der Waals surface area contributed by atoms with Gasteiger partial charge in [-0.15, -0.1) is 0 Å². The molecule has 0 radical (unpaired) electrons. The number of ether oxygens (including phenoxy) is 1. The molecule has 0 saturated heterocycles. The second-order valence-electron chi connectivity index (χ2n) is 6.43. The topological polar surface area (TPSA) is 31.2 Å². The molecule has 0 amide bonds. The third kappa shape index (κ3) is 3.21. The van der Waals surface area contributed by atoms with Gasteiger partial charge in [-0.25, -0.2) is 4.39 Å². The average Bonchev–Trinajstić information content (AvgIpc) is 2.72. The summed E-state index contributed by atoms with van der Waals surface area (Å²) in [6.45, 7) is 10.0. The number of hydrogen-bond acceptors (Lipinski definition) is 2. The van der Waals surface area contributed by atoms with Crippen LogP contribution < -0.4 is 4.74 Å². The van der Waals surface area contributed by atoms with Crippen molar-refractivity contribution >= 4 is 5.78 Å². The molecule has 3 nitrogen and oxygen atoms in total. The normalized spacial score (nSPS) is 11.5. The Hall–Kier alpha value is -2.10. The summed E-state index contributed by atoms with van der Waals surface area (Å²) in [7, 11) is 0. The van der Waals surface area contributed by atoms with Crippen LogP contribution in [0, 0.1) is 19.7 Å². The number of aryl methyl sites for hydroxylation is 1. The van der Waals surface area contributed by atoms with Gasteiger partial charge in [-0.05, 0) is 52.8 Å². The van der Waals surface area contributed by atoms with E-state index in [0.717, 1.165) is 11.4 Å². The fraction of sp³-hybridized carbons (Fsp3) is 0.389. The standard InChI is InChI=1S/C18H22FNO2/c1-12-10-14(13(2)20(12)18(3,4)5)16(21)11-22-17-9-7-6-8-15(17)19/h6-10H,11H2,1-5H3. The molecule has 2 aromatic rings. The van der Waals surface area contributed by atoms with E-state index in [-0.39, 0.29) is 23.7 Å². The Morgan fingerprint density at radius 3 is 2.41 bits per heavy atom. The van der Waals surface area contributed by atoms with Crippen molar-refractivity contribution in [3.8, 4) is 5.75 Å². The van der Waals surface area contributed by atoms with Crippen molar-refractivity contribution in [3.05, 3.63) is 53.1 Å². The Balaban J connectivity index is 2.19. The van der Waals surface area contributed by atoms with Gasteiger partial charge in [0.05, 0.1) is 0 Å². The van der Waals surface area contributed by atoms with Gasteiger partial charge in [0.15, 0.2) is 18.2 Å². The smallest absolute Gasteiger partial charge is 0.202 e. The van der Waals surface area contributed by atoms with Crippen LogP contribution in [-0.4, -0.2) is 17.0 Å². The summed E-state index contributed by atoms with van der Waals surface area (Å²) in [6.07, 6.45) is 0. The van der Waals surface area contributed by atoms with E-state index in [2.05, 4.69) is 25.3 Å². The number of nitrogens with zero attached hydrogens (tertiary/aromatic N) is 1. The molecular formula is C18H22FNO2. The van der Waals surface area contributed by atoms with Crippen LogP contribution in [0.25, 0.3) is 0 Å². The molecule has 4 heteroatoms. The Morgan fingerprint density at radius 1 is 1.23 bits per heavy atom. The monoisotopic (exact) mass is 303 g/mol. The number of para-hydroxylation sites is 1. The van der Waals surface area contributed by atoms with Crippen molar-refractivity contribution in [2.24, 2.45) is 0 Å². The maximum Gasteiger partial charge on any atom is 0.202 e. The first-order chi connectivity index (χ1) is 10.2. The highest BCUT2D eigenvalue weighted by molar-refractivity contribution is 5.98. The molecule has 118 valence electrons. The molecule has 1 heterocycles. The molecule has 0 bridgehead atoms. The molecule has 0 fully saturated rings. The number of Topliss-reactive ketones (excluding diaryl/α,β-unsaturated/α-hetero) is 1. The Labute approximate surface area is 130 Å². The molecule has 0 N–H and O–H groups in total. The first-order valence-electron chi connectivity index (χ1n) is 7.31. The molecule has 0 spiro atoms. The van der Waals surface area contributed by atoms with Crippen LogP contribution >= 0.6 is 0 Å². The van der Waals surface area contributed by atoms with Gasteiger partial charge < -0.3 is 9.30 Å². The summed E-state index contributed by atoms with van der Waals surface area (Å²) in [5.41, 5.74) is 2.47. The van der Waals surface area contributed by atoms with Crippen molar-refractivity contribution in [1.29, 1.82) is 0 Å². The van der Waals surface area contributed by atoms with Crippen molar-refractivity contribution < 1.29 is 13.9 Å². The van der Waals surface area contributed by atoms with E-state index in [1.165, 1.54) is 12.1 Å². The molecule has 1 aromatic heterocycles. The number of aromatic nitrogens is 1. The van der Waals surface area contributed by atoms with Crippen LogP contribution in [0.3, 0.4) is 0 Å². The van der Waals surface area contributed by atoms with E-state index in [0.29, 0.717) is 5.56 Å². The lowest BCUT2D eigenvalue weighted by Crippen LogP contribution is -2.24. The lowest BCUT2D eigenvalue weighted by molar-refractivity contribution is 0.0918. The minimum atomic E-state index is -0.463. The summed E-state index contributed by atoms with van der Waals surface area (Å²) in [5.74, 6) is -0.511. The number of carbonyl (C=O) groups is 1. The lowest BCUT2D eigenvalue weighted by atomic mass is 10.1. The Bertz CT molecular complexity index is 696. The molecule has 0 atom stereocenters.